The second-order valence-electron chi connectivity index (χ2n) is 3.82. The van der Waals surface area contributed by atoms with Crippen LogP contribution in [0.3, 0.4) is 0 Å². The molecule has 0 amide bonds. The third kappa shape index (κ3) is 1.28. The van der Waals surface area contributed by atoms with Gasteiger partial charge < -0.3 is 5.73 Å². The third-order valence-corrected chi connectivity index (χ3v) is 3.57. The zero-order chi connectivity index (χ0) is 10.6. The molecule has 1 atom stereocenters. The molecule has 14 heavy (non-hydrogen) atoms. The van der Waals surface area contributed by atoms with Gasteiger partial charge in [-0.3, -0.25) is 0 Å². The van der Waals surface area contributed by atoms with Crippen LogP contribution >= 0.6 is 15.9 Å². The maximum Gasteiger partial charge on any atom is 0.272 e. The normalized spacial score (nSPS) is 28.9. The van der Waals surface area contributed by atoms with Gasteiger partial charge in [-0.05, 0) is 24.1 Å². The van der Waals surface area contributed by atoms with E-state index < -0.39 is 11.5 Å². The third-order valence-electron chi connectivity index (χ3n) is 2.72. The zero-order valence-electron chi connectivity index (χ0n) is 7.65. The van der Waals surface area contributed by atoms with Gasteiger partial charge in [0.2, 0.25) is 0 Å². The molecule has 0 aliphatic heterocycles. The van der Waals surface area contributed by atoms with Gasteiger partial charge in [-0.2, -0.15) is 0 Å². The molecule has 1 aromatic carbocycles. The quantitative estimate of drug-likeness (QED) is 0.827. The number of rotatable bonds is 1. The number of hydrogen-bond acceptors (Lipinski definition) is 1. The molecule has 1 nitrogen and oxygen atoms in total. The van der Waals surface area contributed by atoms with E-state index in [2.05, 4.69) is 15.9 Å². The summed E-state index contributed by atoms with van der Waals surface area (Å²) in [4.78, 5) is 0. The van der Waals surface area contributed by atoms with Gasteiger partial charge in [-0.1, -0.05) is 28.1 Å². The maximum absolute atomic E-state index is 13.0. The highest BCUT2D eigenvalue weighted by Gasteiger charge is 2.69. The van der Waals surface area contributed by atoms with E-state index >= 15 is 0 Å². The van der Waals surface area contributed by atoms with Crippen molar-refractivity contribution >= 4 is 15.9 Å². The lowest BCUT2D eigenvalue weighted by Gasteiger charge is -2.11. The second kappa shape index (κ2) is 2.76. The highest BCUT2D eigenvalue weighted by Crippen LogP contribution is 2.57. The topological polar surface area (TPSA) is 26.0 Å². The van der Waals surface area contributed by atoms with E-state index in [9.17, 15) is 8.78 Å². The van der Waals surface area contributed by atoms with Crippen molar-refractivity contribution in [3.63, 3.8) is 0 Å². The fraction of sp³-hybridized carbons (Fsp3) is 0.400. The highest BCUT2D eigenvalue weighted by atomic mass is 79.9. The summed E-state index contributed by atoms with van der Waals surface area (Å²) in [5, 5.41) is 0. The number of aryl methyl sites for hydroxylation is 1. The fourth-order valence-corrected chi connectivity index (χ4v) is 1.87. The van der Waals surface area contributed by atoms with Crippen LogP contribution < -0.4 is 5.73 Å². The molecule has 1 aromatic rings. The summed E-state index contributed by atoms with van der Waals surface area (Å²) >= 11 is 3.30. The van der Waals surface area contributed by atoms with Gasteiger partial charge in [0.1, 0.15) is 5.54 Å². The predicted octanol–water partition coefficient (Wildman–Crippen LogP) is 2.95. The van der Waals surface area contributed by atoms with Crippen LogP contribution in [-0.2, 0) is 5.54 Å². The van der Waals surface area contributed by atoms with Gasteiger partial charge in [-0.15, -0.1) is 0 Å². The van der Waals surface area contributed by atoms with Crippen LogP contribution in [0.2, 0.25) is 0 Å². The summed E-state index contributed by atoms with van der Waals surface area (Å²) in [6.45, 7) is 1.90. The standard InChI is InChI=1S/C10H10BrF2N/c1-6-2-3-7(4-8(6)11)9(14)5-10(9,12)13/h2-4H,5,14H2,1H3. The number of nitrogens with two attached hydrogens (primary N) is 1. The Morgan fingerprint density at radius 1 is 1.43 bits per heavy atom. The van der Waals surface area contributed by atoms with Crippen molar-refractivity contribution in [3.05, 3.63) is 33.8 Å². The van der Waals surface area contributed by atoms with E-state index in [0.717, 1.165) is 10.0 Å². The smallest absolute Gasteiger partial charge is 0.272 e. The van der Waals surface area contributed by atoms with E-state index in [-0.39, 0.29) is 6.42 Å². The molecule has 1 aliphatic carbocycles. The molecular weight excluding hydrogens is 252 g/mol. The van der Waals surface area contributed by atoms with Crippen molar-refractivity contribution in [1.29, 1.82) is 0 Å². The molecule has 1 fully saturated rings. The first-order valence-electron chi connectivity index (χ1n) is 4.30. The van der Waals surface area contributed by atoms with Gasteiger partial charge in [-0.25, -0.2) is 8.78 Å². The molecule has 76 valence electrons. The number of hydrogen-bond donors (Lipinski definition) is 1. The van der Waals surface area contributed by atoms with E-state index in [4.69, 9.17) is 5.73 Å². The lowest BCUT2D eigenvalue weighted by Crippen LogP contribution is -2.27. The van der Waals surface area contributed by atoms with Crippen molar-refractivity contribution in [2.24, 2.45) is 5.73 Å². The number of benzene rings is 1. The molecule has 0 radical (unpaired) electrons. The first kappa shape index (κ1) is 10.1. The van der Waals surface area contributed by atoms with Gasteiger partial charge in [0.15, 0.2) is 0 Å². The molecule has 1 unspecified atom stereocenters. The average molecular weight is 262 g/mol. The molecule has 1 saturated carbocycles. The van der Waals surface area contributed by atoms with Crippen LogP contribution in [0.15, 0.2) is 22.7 Å². The molecule has 2 rings (SSSR count). The fourth-order valence-electron chi connectivity index (χ4n) is 1.49. The second-order valence-corrected chi connectivity index (χ2v) is 4.67. The largest absolute Gasteiger partial charge is 0.316 e. The Kier molecular flexibility index (Phi) is 1.98. The minimum absolute atomic E-state index is 0.254. The number of alkyl halides is 2. The molecule has 0 aromatic heterocycles. The first-order chi connectivity index (χ1) is 6.37. The lowest BCUT2D eigenvalue weighted by atomic mass is 10.0. The SMILES string of the molecule is Cc1ccc(C2(N)CC2(F)F)cc1Br. The van der Waals surface area contributed by atoms with Crippen LogP contribution in [0.1, 0.15) is 17.5 Å². The molecule has 4 heteroatoms. The first-order valence-corrected chi connectivity index (χ1v) is 5.09. The van der Waals surface area contributed by atoms with E-state index in [0.29, 0.717) is 5.56 Å². The van der Waals surface area contributed by atoms with Crippen molar-refractivity contribution in [1.82, 2.24) is 0 Å². The van der Waals surface area contributed by atoms with Gasteiger partial charge in [0, 0.05) is 10.9 Å². The number of halogens is 3. The molecule has 0 saturated heterocycles. The van der Waals surface area contributed by atoms with E-state index in [1.165, 1.54) is 0 Å². The van der Waals surface area contributed by atoms with Crippen LogP contribution in [0.4, 0.5) is 8.78 Å². The summed E-state index contributed by atoms with van der Waals surface area (Å²) in [5.41, 5.74) is 5.67. The Hall–Kier alpha value is -0.480. The van der Waals surface area contributed by atoms with E-state index in [1.807, 2.05) is 6.92 Å². The van der Waals surface area contributed by atoms with Crippen LogP contribution in [-0.4, -0.2) is 5.92 Å². The van der Waals surface area contributed by atoms with Gasteiger partial charge >= 0.3 is 0 Å². The van der Waals surface area contributed by atoms with Crippen molar-refractivity contribution in [3.8, 4) is 0 Å². The Morgan fingerprint density at radius 2 is 2.00 bits per heavy atom. The predicted molar refractivity (Wildman–Crippen MR) is 54.3 cm³/mol. The Morgan fingerprint density at radius 3 is 2.43 bits per heavy atom. The summed E-state index contributed by atoms with van der Waals surface area (Å²) in [5.74, 6) is -2.75. The molecule has 1 aliphatic rings. The van der Waals surface area contributed by atoms with Crippen LogP contribution in [0.5, 0.6) is 0 Å². The van der Waals surface area contributed by atoms with Crippen LogP contribution in [0, 0.1) is 6.92 Å². The molecule has 2 N–H and O–H groups in total. The van der Waals surface area contributed by atoms with Crippen LogP contribution in [0.25, 0.3) is 0 Å². The zero-order valence-corrected chi connectivity index (χ0v) is 9.24. The highest BCUT2D eigenvalue weighted by molar-refractivity contribution is 9.10. The summed E-state index contributed by atoms with van der Waals surface area (Å²) in [7, 11) is 0. The Labute approximate surface area is 89.4 Å². The molecule has 0 heterocycles. The van der Waals surface area contributed by atoms with Gasteiger partial charge in [0.05, 0.1) is 0 Å². The Balaban J connectivity index is 2.40. The average Bonchev–Trinajstić information content (AvgIpc) is 2.58. The molecular formula is C10H10BrF2N. The van der Waals surface area contributed by atoms with Crippen molar-refractivity contribution in [2.75, 3.05) is 0 Å². The van der Waals surface area contributed by atoms with Crippen molar-refractivity contribution in [2.45, 2.75) is 24.8 Å². The minimum Gasteiger partial charge on any atom is -0.316 e. The Bertz CT molecular complexity index is 392. The summed E-state index contributed by atoms with van der Waals surface area (Å²) in [6.07, 6.45) is -0.254. The van der Waals surface area contributed by atoms with E-state index in [1.54, 1.807) is 18.2 Å². The van der Waals surface area contributed by atoms with Crippen molar-refractivity contribution < 1.29 is 8.78 Å². The maximum atomic E-state index is 13.0. The van der Waals surface area contributed by atoms with Gasteiger partial charge in [0.25, 0.3) is 5.92 Å². The minimum atomic E-state index is -2.75. The lowest BCUT2D eigenvalue weighted by molar-refractivity contribution is 0.0891. The monoisotopic (exact) mass is 261 g/mol. The molecule has 0 spiro atoms. The summed E-state index contributed by atoms with van der Waals surface area (Å²) in [6, 6.07) is 5.14. The molecule has 0 bridgehead atoms. The summed E-state index contributed by atoms with van der Waals surface area (Å²) < 4.78 is 26.7.